The molecule has 0 bridgehead atoms. The van der Waals surface area contributed by atoms with Crippen molar-refractivity contribution in [1.82, 2.24) is 10.3 Å². The topological polar surface area (TPSA) is 51.2 Å². The van der Waals surface area contributed by atoms with Crippen molar-refractivity contribution < 1.29 is 9.53 Å². The number of nitrogens with zero attached hydrogens (tertiary/aromatic N) is 1. The number of aryl methyl sites for hydroxylation is 1. The summed E-state index contributed by atoms with van der Waals surface area (Å²) in [5, 5.41) is 6.15. The number of benzene rings is 1. The van der Waals surface area contributed by atoms with E-state index in [-0.39, 0.29) is 5.91 Å². The minimum atomic E-state index is -0.0537. The lowest BCUT2D eigenvalue weighted by Gasteiger charge is -2.07. The lowest BCUT2D eigenvalue weighted by Crippen LogP contribution is -2.25. The standard InChI is InChI=1S/C21H24N2O2S2/c1-3-4-13-25-17-7-5-16(6-8-17)21(24)22-12-11-18-9-10-20(27-18)19-14-26-15(2)23-19/h5-10,14H,3-4,11-13H2,1-2H3,(H,22,24). The lowest BCUT2D eigenvalue weighted by atomic mass is 10.2. The SMILES string of the molecule is CCCCOc1ccc(C(=O)NCCc2ccc(-c3csc(C)n3)s2)cc1. The quantitative estimate of drug-likeness (QED) is 0.494. The number of thiazole rings is 1. The molecule has 2 heterocycles. The maximum atomic E-state index is 12.3. The average Bonchev–Trinajstić information content (AvgIpc) is 3.31. The molecule has 0 saturated heterocycles. The van der Waals surface area contributed by atoms with Crippen LogP contribution in [-0.4, -0.2) is 24.0 Å². The molecule has 0 spiro atoms. The van der Waals surface area contributed by atoms with Crippen molar-refractivity contribution in [3.05, 3.63) is 57.2 Å². The van der Waals surface area contributed by atoms with Gasteiger partial charge in [-0.1, -0.05) is 13.3 Å². The zero-order valence-corrected chi connectivity index (χ0v) is 17.3. The summed E-state index contributed by atoms with van der Waals surface area (Å²) in [6.07, 6.45) is 2.96. The summed E-state index contributed by atoms with van der Waals surface area (Å²) >= 11 is 3.40. The Morgan fingerprint density at radius 1 is 1.19 bits per heavy atom. The molecule has 142 valence electrons. The Kier molecular flexibility index (Phi) is 7.01. The third-order valence-electron chi connectivity index (χ3n) is 4.07. The minimum absolute atomic E-state index is 0.0537. The van der Waals surface area contributed by atoms with Crippen molar-refractivity contribution >= 4 is 28.6 Å². The van der Waals surface area contributed by atoms with Gasteiger partial charge in [-0.25, -0.2) is 4.98 Å². The van der Waals surface area contributed by atoms with Crippen LogP contribution in [0.15, 0.2) is 41.8 Å². The molecule has 0 aliphatic carbocycles. The molecule has 2 aromatic heterocycles. The number of carbonyl (C=O) groups is 1. The molecule has 0 atom stereocenters. The average molecular weight is 401 g/mol. The van der Waals surface area contributed by atoms with Crippen LogP contribution in [0, 0.1) is 6.92 Å². The van der Waals surface area contributed by atoms with E-state index in [0.29, 0.717) is 18.7 Å². The monoisotopic (exact) mass is 400 g/mol. The van der Waals surface area contributed by atoms with E-state index in [4.69, 9.17) is 4.74 Å². The van der Waals surface area contributed by atoms with Gasteiger partial charge in [-0.3, -0.25) is 4.79 Å². The first kappa shape index (κ1) is 19.6. The molecule has 0 fully saturated rings. The number of amides is 1. The molecule has 0 saturated carbocycles. The predicted octanol–water partition coefficient (Wildman–Crippen LogP) is 5.33. The van der Waals surface area contributed by atoms with E-state index < -0.39 is 0 Å². The number of hydrogen-bond donors (Lipinski definition) is 1. The molecule has 0 radical (unpaired) electrons. The minimum Gasteiger partial charge on any atom is -0.494 e. The second-order valence-electron chi connectivity index (χ2n) is 6.25. The van der Waals surface area contributed by atoms with Crippen LogP contribution in [0.3, 0.4) is 0 Å². The summed E-state index contributed by atoms with van der Waals surface area (Å²) < 4.78 is 5.63. The number of rotatable bonds is 9. The van der Waals surface area contributed by atoms with E-state index in [1.807, 2.05) is 31.2 Å². The van der Waals surface area contributed by atoms with Gasteiger partial charge in [-0.05, 0) is 56.2 Å². The summed E-state index contributed by atoms with van der Waals surface area (Å²) in [5.41, 5.74) is 1.70. The van der Waals surface area contributed by atoms with Crippen LogP contribution >= 0.6 is 22.7 Å². The smallest absolute Gasteiger partial charge is 0.251 e. The molecule has 1 N–H and O–H groups in total. The molecule has 3 rings (SSSR count). The Bertz CT molecular complexity index is 868. The Labute approximate surface area is 168 Å². The summed E-state index contributed by atoms with van der Waals surface area (Å²) in [4.78, 5) is 19.2. The molecular weight excluding hydrogens is 376 g/mol. The van der Waals surface area contributed by atoms with E-state index >= 15 is 0 Å². The highest BCUT2D eigenvalue weighted by Gasteiger charge is 2.08. The maximum absolute atomic E-state index is 12.3. The number of carbonyl (C=O) groups excluding carboxylic acids is 1. The van der Waals surface area contributed by atoms with Gasteiger partial charge < -0.3 is 10.1 Å². The van der Waals surface area contributed by atoms with Crippen molar-refractivity contribution in [2.75, 3.05) is 13.2 Å². The van der Waals surface area contributed by atoms with Crippen molar-refractivity contribution in [3.63, 3.8) is 0 Å². The van der Waals surface area contributed by atoms with Crippen LogP contribution in [-0.2, 0) is 6.42 Å². The zero-order valence-electron chi connectivity index (χ0n) is 15.7. The van der Waals surface area contributed by atoms with Gasteiger partial charge in [0.2, 0.25) is 0 Å². The largest absolute Gasteiger partial charge is 0.494 e. The van der Waals surface area contributed by atoms with Crippen LogP contribution < -0.4 is 10.1 Å². The molecule has 3 aromatic rings. The Balaban J connectivity index is 1.46. The first-order valence-electron chi connectivity index (χ1n) is 9.18. The lowest BCUT2D eigenvalue weighted by molar-refractivity contribution is 0.0954. The van der Waals surface area contributed by atoms with Gasteiger partial charge in [-0.15, -0.1) is 22.7 Å². The fraction of sp³-hybridized carbons (Fsp3) is 0.333. The first-order chi connectivity index (χ1) is 13.2. The number of thiophene rings is 1. The summed E-state index contributed by atoms with van der Waals surface area (Å²) in [5.74, 6) is 0.755. The van der Waals surface area contributed by atoms with Gasteiger partial charge in [0.15, 0.2) is 0 Å². The maximum Gasteiger partial charge on any atom is 0.251 e. The molecule has 4 nitrogen and oxygen atoms in total. The van der Waals surface area contributed by atoms with Crippen molar-refractivity contribution in [2.24, 2.45) is 0 Å². The number of nitrogens with one attached hydrogen (secondary N) is 1. The van der Waals surface area contributed by atoms with Crippen LogP contribution in [0.1, 0.15) is 40.0 Å². The summed E-state index contributed by atoms with van der Waals surface area (Å²) in [6.45, 7) is 5.48. The second kappa shape index (κ2) is 9.67. The van der Waals surface area contributed by atoms with E-state index in [9.17, 15) is 4.79 Å². The molecule has 27 heavy (non-hydrogen) atoms. The number of hydrogen-bond acceptors (Lipinski definition) is 5. The molecule has 0 unspecified atom stereocenters. The Hall–Kier alpha value is -2.18. The van der Waals surface area contributed by atoms with Gasteiger partial charge in [0, 0.05) is 22.4 Å². The van der Waals surface area contributed by atoms with E-state index in [1.54, 1.807) is 22.7 Å². The van der Waals surface area contributed by atoms with Crippen molar-refractivity contribution in [1.29, 1.82) is 0 Å². The molecule has 1 aromatic carbocycles. The van der Waals surface area contributed by atoms with Crippen LogP contribution in [0.5, 0.6) is 5.75 Å². The summed E-state index contributed by atoms with van der Waals surface area (Å²) in [7, 11) is 0. The van der Waals surface area contributed by atoms with Gasteiger partial charge in [0.1, 0.15) is 5.75 Å². The number of aromatic nitrogens is 1. The Morgan fingerprint density at radius 3 is 2.70 bits per heavy atom. The second-order valence-corrected chi connectivity index (χ2v) is 8.48. The van der Waals surface area contributed by atoms with Crippen molar-refractivity contribution in [2.45, 2.75) is 33.1 Å². The van der Waals surface area contributed by atoms with Gasteiger partial charge in [-0.2, -0.15) is 0 Å². The zero-order chi connectivity index (χ0) is 19.1. The Morgan fingerprint density at radius 2 is 2.00 bits per heavy atom. The highest BCUT2D eigenvalue weighted by Crippen LogP contribution is 2.29. The number of ether oxygens (including phenoxy) is 1. The van der Waals surface area contributed by atoms with Crippen LogP contribution in [0.4, 0.5) is 0 Å². The number of unbranched alkanes of at least 4 members (excludes halogenated alkanes) is 1. The fourth-order valence-electron chi connectivity index (χ4n) is 2.56. The van der Waals surface area contributed by atoms with E-state index in [2.05, 4.69) is 34.7 Å². The predicted molar refractivity (Wildman–Crippen MR) is 113 cm³/mol. The highest BCUT2D eigenvalue weighted by atomic mass is 32.1. The van der Waals surface area contributed by atoms with Crippen LogP contribution in [0.25, 0.3) is 10.6 Å². The molecular formula is C21H24N2O2S2. The highest BCUT2D eigenvalue weighted by molar-refractivity contribution is 7.16. The third kappa shape index (κ3) is 5.65. The fourth-order valence-corrected chi connectivity index (χ4v) is 4.22. The first-order valence-corrected chi connectivity index (χ1v) is 10.9. The van der Waals surface area contributed by atoms with Gasteiger partial charge >= 0.3 is 0 Å². The van der Waals surface area contributed by atoms with Gasteiger partial charge in [0.25, 0.3) is 5.91 Å². The normalized spacial score (nSPS) is 10.7. The summed E-state index contributed by atoms with van der Waals surface area (Å²) in [6, 6.07) is 11.5. The molecule has 1 amide bonds. The third-order valence-corrected chi connectivity index (χ3v) is 6.01. The molecule has 0 aliphatic heterocycles. The molecule has 0 aliphatic rings. The van der Waals surface area contributed by atoms with Crippen molar-refractivity contribution in [3.8, 4) is 16.3 Å². The van der Waals surface area contributed by atoms with Crippen LogP contribution in [0.2, 0.25) is 0 Å². The van der Waals surface area contributed by atoms with Gasteiger partial charge in [0.05, 0.1) is 22.2 Å². The van der Waals surface area contributed by atoms with E-state index in [1.165, 1.54) is 9.75 Å². The molecule has 6 heteroatoms. The van der Waals surface area contributed by atoms with E-state index in [0.717, 1.165) is 35.7 Å².